The fourth-order valence-corrected chi connectivity index (χ4v) is 4.96. The molecule has 2 aliphatic heterocycles. The third-order valence-electron chi connectivity index (χ3n) is 6.89. The summed E-state index contributed by atoms with van der Waals surface area (Å²) < 4.78 is 6.43. The second-order valence-corrected chi connectivity index (χ2v) is 9.26. The summed E-state index contributed by atoms with van der Waals surface area (Å²) in [4.78, 5) is 7.25. The minimum Gasteiger partial charge on any atom is -0.488 e. The zero-order valence-corrected chi connectivity index (χ0v) is 19.4. The first kappa shape index (κ1) is 21.9. The number of aliphatic hydroxyl groups excluding tert-OH is 1. The molecule has 1 saturated heterocycles. The van der Waals surface area contributed by atoms with E-state index in [9.17, 15) is 5.11 Å². The van der Waals surface area contributed by atoms with Gasteiger partial charge in [-0.2, -0.15) is 0 Å². The van der Waals surface area contributed by atoms with E-state index in [1.54, 1.807) is 0 Å². The standard InChI is InChI=1S/C28H33N3O2/c1-20-4-2-5-25(26-6-3-7-27(30-26)31-15-12-22(17-31)18-32)28(20)33-19-21-8-9-23-10-13-29-14-11-24(23)16-21/h2-9,16,22,29,32H,10-15,17-19H2,1H3/t22-/m1/s1. The number of ether oxygens (including phenoxy) is 1. The van der Waals surface area contributed by atoms with Gasteiger partial charge >= 0.3 is 0 Å². The molecule has 0 amide bonds. The summed E-state index contributed by atoms with van der Waals surface area (Å²) in [5, 5.41) is 13.0. The van der Waals surface area contributed by atoms with E-state index in [-0.39, 0.29) is 6.61 Å². The Morgan fingerprint density at radius 3 is 2.76 bits per heavy atom. The second kappa shape index (κ2) is 9.94. The third kappa shape index (κ3) is 4.90. The van der Waals surface area contributed by atoms with Crippen LogP contribution in [0, 0.1) is 12.8 Å². The largest absolute Gasteiger partial charge is 0.488 e. The van der Waals surface area contributed by atoms with Gasteiger partial charge in [-0.05, 0) is 79.7 Å². The molecule has 1 fully saturated rings. The number of hydrogen-bond donors (Lipinski definition) is 2. The van der Waals surface area contributed by atoms with Gasteiger partial charge in [0.2, 0.25) is 0 Å². The van der Waals surface area contributed by atoms with E-state index >= 15 is 0 Å². The maximum absolute atomic E-state index is 9.50. The second-order valence-electron chi connectivity index (χ2n) is 9.26. The minimum absolute atomic E-state index is 0.241. The van der Waals surface area contributed by atoms with Crippen molar-refractivity contribution in [3.63, 3.8) is 0 Å². The van der Waals surface area contributed by atoms with Crippen LogP contribution < -0.4 is 15.0 Å². The zero-order valence-electron chi connectivity index (χ0n) is 19.4. The van der Waals surface area contributed by atoms with Crippen LogP contribution in [-0.2, 0) is 19.4 Å². The van der Waals surface area contributed by atoms with Crippen LogP contribution in [0.15, 0.2) is 54.6 Å². The van der Waals surface area contributed by atoms with Crippen molar-refractivity contribution < 1.29 is 9.84 Å². The molecule has 172 valence electrons. The van der Waals surface area contributed by atoms with E-state index in [1.165, 1.54) is 16.7 Å². The number of nitrogens with one attached hydrogen (secondary N) is 1. The normalized spacial score (nSPS) is 18.1. The van der Waals surface area contributed by atoms with Crippen LogP contribution in [0.2, 0.25) is 0 Å². The molecule has 0 saturated carbocycles. The van der Waals surface area contributed by atoms with Gasteiger partial charge in [-0.15, -0.1) is 0 Å². The number of anilines is 1. The lowest BCUT2D eigenvalue weighted by Crippen LogP contribution is -2.21. The van der Waals surface area contributed by atoms with E-state index in [0.29, 0.717) is 12.5 Å². The highest BCUT2D eigenvalue weighted by molar-refractivity contribution is 5.70. The lowest BCUT2D eigenvalue weighted by molar-refractivity contribution is 0.238. The van der Waals surface area contributed by atoms with Gasteiger partial charge in [0.25, 0.3) is 0 Å². The predicted octanol–water partition coefficient (Wildman–Crippen LogP) is 4.14. The number of aromatic nitrogens is 1. The molecule has 2 aliphatic rings. The Labute approximate surface area is 196 Å². The molecule has 0 spiro atoms. The monoisotopic (exact) mass is 443 g/mol. The summed E-state index contributed by atoms with van der Waals surface area (Å²) in [6, 6.07) is 19.2. The number of pyridine rings is 1. The molecule has 5 rings (SSSR count). The van der Waals surface area contributed by atoms with Crippen LogP contribution in [0.25, 0.3) is 11.3 Å². The quantitative estimate of drug-likeness (QED) is 0.600. The molecule has 3 heterocycles. The Balaban J connectivity index is 1.38. The fraction of sp³-hybridized carbons (Fsp3) is 0.393. The molecule has 2 aromatic carbocycles. The molecule has 0 aliphatic carbocycles. The highest BCUT2D eigenvalue weighted by atomic mass is 16.5. The van der Waals surface area contributed by atoms with Gasteiger partial charge in [0.05, 0.1) is 5.69 Å². The maximum atomic E-state index is 9.50. The number of rotatable bonds is 6. The number of aliphatic hydroxyl groups is 1. The van der Waals surface area contributed by atoms with Crippen LogP contribution in [-0.4, -0.2) is 42.9 Å². The molecule has 3 aromatic rings. The lowest BCUT2D eigenvalue weighted by atomic mass is 10.0. The Hall–Kier alpha value is -2.89. The fourth-order valence-electron chi connectivity index (χ4n) is 4.96. The van der Waals surface area contributed by atoms with Crippen molar-refractivity contribution in [2.24, 2.45) is 5.92 Å². The van der Waals surface area contributed by atoms with Gasteiger partial charge in [0.1, 0.15) is 18.2 Å². The molecule has 1 atom stereocenters. The molecular weight excluding hydrogens is 410 g/mol. The van der Waals surface area contributed by atoms with Crippen molar-refractivity contribution in [3.05, 3.63) is 76.9 Å². The van der Waals surface area contributed by atoms with Crippen molar-refractivity contribution >= 4 is 5.82 Å². The van der Waals surface area contributed by atoms with Crippen LogP contribution >= 0.6 is 0 Å². The van der Waals surface area contributed by atoms with Crippen molar-refractivity contribution in [1.82, 2.24) is 10.3 Å². The molecule has 0 radical (unpaired) electrons. The number of fused-ring (bicyclic) bond motifs is 1. The number of para-hydroxylation sites is 1. The molecule has 5 nitrogen and oxygen atoms in total. The number of nitrogens with zero attached hydrogens (tertiary/aromatic N) is 2. The van der Waals surface area contributed by atoms with E-state index in [2.05, 4.69) is 71.7 Å². The van der Waals surface area contributed by atoms with E-state index < -0.39 is 0 Å². The Morgan fingerprint density at radius 1 is 1.06 bits per heavy atom. The maximum Gasteiger partial charge on any atom is 0.132 e. The highest BCUT2D eigenvalue weighted by Crippen LogP contribution is 2.34. The molecule has 1 aromatic heterocycles. The molecule has 33 heavy (non-hydrogen) atoms. The Morgan fingerprint density at radius 2 is 1.91 bits per heavy atom. The van der Waals surface area contributed by atoms with E-state index in [4.69, 9.17) is 9.72 Å². The van der Waals surface area contributed by atoms with Crippen LogP contribution in [0.1, 0.15) is 28.7 Å². The molecule has 0 unspecified atom stereocenters. The first-order valence-corrected chi connectivity index (χ1v) is 12.1. The Bertz CT molecular complexity index is 1110. The van der Waals surface area contributed by atoms with Crippen LogP contribution in [0.5, 0.6) is 5.75 Å². The van der Waals surface area contributed by atoms with Gasteiger partial charge in [0, 0.05) is 31.2 Å². The zero-order chi connectivity index (χ0) is 22.6. The van der Waals surface area contributed by atoms with Crippen molar-refractivity contribution in [2.75, 3.05) is 37.7 Å². The van der Waals surface area contributed by atoms with Gasteiger partial charge in [-0.3, -0.25) is 0 Å². The molecule has 2 N–H and O–H groups in total. The van der Waals surface area contributed by atoms with Gasteiger partial charge in [-0.25, -0.2) is 4.98 Å². The lowest BCUT2D eigenvalue weighted by Gasteiger charge is -2.19. The summed E-state index contributed by atoms with van der Waals surface area (Å²) >= 11 is 0. The SMILES string of the molecule is Cc1cccc(-c2cccc(N3CC[C@@H](CO)C3)n2)c1OCc1ccc2c(c1)CCNCC2. The average molecular weight is 444 g/mol. The molecule has 0 bridgehead atoms. The number of hydrogen-bond acceptors (Lipinski definition) is 5. The molecule has 5 heteroatoms. The van der Waals surface area contributed by atoms with Gasteiger partial charge in [-0.1, -0.05) is 36.4 Å². The summed E-state index contributed by atoms with van der Waals surface area (Å²) in [7, 11) is 0. The van der Waals surface area contributed by atoms with Crippen molar-refractivity contribution in [1.29, 1.82) is 0 Å². The van der Waals surface area contributed by atoms with Crippen molar-refractivity contribution in [2.45, 2.75) is 32.8 Å². The van der Waals surface area contributed by atoms with Crippen LogP contribution in [0.3, 0.4) is 0 Å². The topological polar surface area (TPSA) is 57.6 Å². The highest BCUT2D eigenvalue weighted by Gasteiger charge is 2.23. The summed E-state index contributed by atoms with van der Waals surface area (Å²) in [6.07, 6.45) is 3.18. The summed E-state index contributed by atoms with van der Waals surface area (Å²) in [6.45, 7) is 6.77. The minimum atomic E-state index is 0.241. The van der Waals surface area contributed by atoms with E-state index in [1.807, 2.05) is 0 Å². The van der Waals surface area contributed by atoms with Crippen molar-refractivity contribution in [3.8, 4) is 17.0 Å². The number of benzene rings is 2. The number of aryl methyl sites for hydroxylation is 1. The first-order chi connectivity index (χ1) is 16.2. The average Bonchev–Trinajstić information content (AvgIpc) is 3.21. The van der Waals surface area contributed by atoms with Gasteiger partial charge in [0.15, 0.2) is 0 Å². The predicted molar refractivity (Wildman–Crippen MR) is 133 cm³/mol. The smallest absolute Gasteiger partial charge is 0.132 e. The molecular formula is C28H33N3O2. The third-order valence-corrected chi connectivity index (χ3v) is 6.89. The van der Waals surface area contributed by atoms with Crippen LogP contribution in [0.4, 0.5) is 5.82 Å². The summed E-state index contributed by atoms with van der Waals surface area (Å²) in [5.41, 5.74) is 7.15. The van der Waals surface area contributed by atoms with Gasteiger partial charge < -0.3 is 20.1 Å². The van der Waals surface area contributed by atoms with E-state index in [0.717, 1.165) is 73.8 Å². The summed E-state index contributed by atoms with van der Waals surface area (Å²) in [5.74, 6) is 2.20. The Kier molecular flexibility index (Phi) is 6.60. The first-order valence-electron chi connectivity index (χ1n) is 12.1.